The van der Waals surface area contributed by atoms with Gasteiger partial charge in [-0.15, -0.1) is 11.8 Å². The number of hydrogen-bond acceptors (Lipinski definition) is 4. The molecule has 2 fully saturated rings. The van der Waals surface area contributed by atoms with Gasteiger partial charge in [-0.1, -0.05) is 18.2 Å². The molecule has 0 saturated carbocycles. The molecule has 2 aliphatic heterocycles. The third kappa shape index (κ3) is 3.38. The molecule has 0 radical (unpaired) electrons. The second kappa shape index (κ2) is 7.05. The Kier molecular flexibility index (Phi) is 5.04. The van der Waals surface area contributed by atoms with Crippen molar-refractivity contribution < 1.29 is 9.59 Å². The lowest BCUT2D eigenvalue weighted by atomic mass is 10.2. The lowest BCUT2D eigenvalue weighted by molar-refractivity contribution is -0.137. The first-order chi connectivity index (χ1) is 11.5. The molecule has 0 aliphatic carbocycles. The molecular weight excluding hydrogens is 322 g/mol. The Morgan fingerprint density at radius 3 is 2.92 bits per heavy atom. The fourth-order valence-electron chi connectivity index (χ4n) is 3.47. The lowest BCUT2D eigenvalue weighted by Crippen LogP contribution is -2.50. The summed E-state index contributed by atoms with van der Waals surface area (Å²) in [4.78, 5) is 28.4. The zero-order chi connectivity index (χ0) is 17.2. The van der Waals surface area contributed by atoms with Crippen molar-refractivity contribution in [1.82, 2.24) is 10.2 Å². The highest BCUT2D eigenvalue weighted by molar-refractivity contribution is 8.01. The number of hydrogen-bond donors (Lipinski definition) is 1. The van der Waals surface area contributed by atoms with E-state index in [0.717, 1.165) is 19.4 Å². The Labute approximate surface area is 147 Å². The standard InChI is InChI=1S/C18H25N3O2S/c1-18-10-9-16(22)21(18)15(13-24-18)17(23)19-11-6-12-20(2)14-7-4-3-5-8-14/h3-5,7-8,15H,6,9-13H2,1-2H3,(H,19,23)/t15-,18+/m0/s1. The van der Waals surface area contributed by atoms with Gasteiger partial charge in [-0.05, 0) is 31.9 Å². The number of carbonyl (C=O) groups is 2. The SMILES string of the molecule is CN(CCCNC(=O)[C@@H]1CS[C@]2(C)CCC(=O)N12)c1ccccc1. The first kappa shape index (κ1) is 17.1. The molecule has 0 spiro atoms. The van der Waals surface area contributed by atoms with Crippen LogP contribution in [-0.2, 0) is 9.59 Å². The van der Waals surface area contributed by atoms with E-state index < -0.39 is 0 Å². The van der Waals surface area contributed by atoms with Crippen LogP contribution in [0.4, 0.5) is 5.69 Å². The third-order valence-corrected chi connectivity index (χ3v) is 6.42. The van der Waals surface area contributed by atoms with E-state index in [-0.39, 0.29) is 22.7 Å². The predicted molar refractivity (Wildman–Crippen MR) is 98.1 cm³/mol. The molecule has 24 heavy (non-hydrogen) atoms. The zero-order valence-electron chi connectivity index (χ0n) is 14.3. The Balaban J connectivity index is 1.44. The summed E-state index contributed by atoms with van der Waals surface area (Å²) in [5.41, 5.74) is 1.18. The molecule has 0 bridgehead atoms. The molecule has 0 aromatic heterocycles. The average molecular weight is 347 g/mol. The van der Waals surface area contributed by atoms with E-state index in [9.17, 15) is 9.59 Å². The van der Waals surface area contributed by atoms with Crippen molar-refractivity contribution in [3.8, 4) is 0 Å². The van der Waals surface area contributed by atoms with Gasteiger partial charge in [-0.2, -0.15) is 0 Å². The van der Waals surface area contributed by atoms with E-state index in [4.69, 9.17) is 0 Å². The molecule has 1 aromatic carbocycles. The molecule has 3 rings (SSSR count). The minimum Gasteiger partial charge on any atom is -0.375 e. The number of fused-ring (bicyclic) bond motifs is 1. The Hall–Kier alpha value is -1.69. The summed E-state index contributed by atoms with van der Waals surface area (Å²) in [5, 5.41) is 3.01. The monoisotopic (exact) mass is 347 g/mol. The predicted octanol–water partition coefficient (Wildman–Crippen LogP) is 2.08. The lowest BCUT2D eigenvalue weighted by Gasteiger charge is -2.29. The fraction of sp³-hybridized carbons (Fsp3) is 0.556. The molecule has 2 saturated heterocycles. The van der Waals surface area contributed by atoms with Gasteiger partial charge in [0.15, 0.2) is 0 Å². The maximum atomic E-state index is 12.5. The highest BCUT2D eigenvalue weighted by Crippen LogP contribution is 2.47. The second-order valence-corrected chi connectivity index (χ2v) is 8.17. The van der Waals surface area contributed by atoms with Crippen molar-refractivity contribution in [2.45, 2.75) is 37.1 Å². The van der Waals surface area contributed by atoms with E-state index in [1.807, 2.05) is 23.1 Å². The number of para-hydroxylation sites is 1. The van der Waals surface area contributed by atoms with Crippen molar-refractivity contribution in [3.63, 3.8) is 0 Å². The van der Waals surface area contributed by atoms with Crippen LogP contribution in [0.1, 0.15) is 26.2 Å². The van der Waals surface area contributed by atoms with Crippen LogP contribution in [0.5, 0.6) is 0 Å². The summed E-state index contributed by atoms with van der Waals surface area (Å²) in [6, 6.07) is 9.90. The van der Waals surface area contributed by atoms with Crippen LogP contribution in [0.15, 0.2) is 30.3 Å². The number of carbonyl (C=O) groups excluding carboxylic acids is 2. The van der Waals surface area contributed by atoms with Gasteiger partial charge in [0.2, 0.25) is 11.8 Å². The van der Waals surface area contributed by atoms with Gasteiger partial charge >= 0.3 is 0 Å². The molecule has 6 heteroatoms. The molecule has 2 amide bonds. The van der Waals surface area contributed by atoms with Crippen LogP contribution < -0.4 is 10.2 Å². The van der Waals surface area contributed by atoms with Crippen LogP contribution in [0.3, 0.4) is 0 Å². The maximum Gasteiger partial charge on any atom is 0.243 e. The van der Waals surface area contributed by atoms with Crippen LogP contribution in [-0.4, -0.2) is 53.5 Å². The topological polar surface area (TPSA) is 52.7 Å². The fourth-order valence-corrected chi connectivity index (χ4v) is 4.90. The number of amides is 2. The van der Waals surface area contributed by atoms with Gasteiger partial charge in [-0.25, -0.2) is 0 Å². The quantitative estimate of drug-likeness (QED) is 0.801. The van der Waals surface area contributed by atoms with Gasteiger partial charge in [0.25, 0.3) is 0 Å². The van der Waals surface area contributed by atoms with Crippen LogP contribution >= 0.6 is 11.8 Å². The van der Waals surface area contributed by atoms with E-state index in [1.165, 1.54) is 5.69 Å². The van der Waals surface area contributed by atoms with Gasteiger partial charge < -0.3 is 15.1 Å². The largest absolute Gasteiger partial charge is 0.375 e. The van der Waals surface area contributed by atoms with Crippen molar-refractivity contribution in [3.05, 3.63) is 30.3 Å². The zero-order valence-corrected chi connectivity index (χ0v) is 15.1. The van der Waals surface area contributed by atoms with E-state index >= 15 is 0 Å². The van der Waals surface area contributed by atoms with Crippen molar-refractivity contribution in [1.29, 1.82) is 0 Å². The number of nitrogens with zero attached hydrogens (tertiary/aromatic N) is 2. The van der Waals surface area contributed by atoms with Crippen LogP contribution in [0.25, 0.3) is 0 Å². The highest BCUT2D eigenvalue weighted by atomic mass is 32.2. The summed E-state index contributed by atoms with van der Waals surface area (Å²) in [6.45, 7) is 3.59. The van der Waals surface area contributed by atoms with Crippen LogP contribution in [0.2, 0.25) is 0 Å². The summed E-state index contributed by atoms with van der Waals surface area (Å²) < 4.78 is 0. The van der Waals surface area contributed by atoms with E-state index in [1.54, 1.807) is 11.8 Å². The smallest absolute Gasteiger partial charge is 0.243 e. The number of nitrogens with one attached hydrogen (secondary N) is 1. The summed E-state index contributed by atoms with van der Waals surface area (Å²) >= 11 is 1.73. The average Bonchev–Trinajstić information content (AvgIpc) is 3.08. The number of thioether (sulfide) groups is 1. The minimum absolute atomic E-state index is 0.0103. The van der Waals surface area contributed by atoms with Crippen molar-refractivity contribution in [2.75, 3.05) is 30.8 Å². The van der Waals surface area contributed by atoms with E-state index in [0.29, 0.717) is 18.7 Å². The molecule has 0 unspecified atom stereocenters. The summed E-state index contributed by atoms with van der Waals surface area (Å²) in [5.74, 6) is 0.813. The molecule has 2 aliphatic rings. The molecule has 1 N–H and O–H groups in total. The van der Waals surface area contributed by atoms with Gasteiger partial charge in [-0.3, -0.25) is 9.59 Å². The number of rotatable bonds is 6. The normalized spacial score (nSPS) is 25.7. The molecular formula is C18H25N3O2S. The third-order valence-electron chi connectivity index (χ3n) is 4.91. The first-order valence-electron chi connectivity index (χ1n) is 8.51. The molecule has 5 nitrogen and oxygen atoms in total. The molecule has 2 heterocycles. The van der Waals surface area contributed by atoms with Crippen molar-refractivity contribution in [2.24, 2.45) is 0 Å². The Morgan fingerprint density at radius 2 is 2.17 bits per heavy atom. The van der Waals surface area contributed by atoms with Gasteiger partial charge in [0, 0.05) is 38.0 Å². The van der Waals surface area contributed by atoms with Crippen molar-refractivity contribution >= 4 is 29.3 Å². The maximum absolute atomic E-state index is 12.5. The van der Waals surface area contributed by atoms with Gasteiger partial charge in [0.1, 0.15) is 6.04 Å². The summed E-state index contributed by atoms with van der Waals surface area (Å²) in [6.07, 6.45) is 2.29. The molecule has 2 atom stereocenters. The van der Waals surface area contributed by atoms with Crippen LogP contribution in [0, 0.1) is 0 Å². The van der Waals surface area contributed by atoms with Gasteiger partial charge in [0.05, 0.1) is 4.87 Å². The number of anilines is 1. The minimum atomic E-state index is -0.304. The highest BCUT2D eigenvalue weighted by Gasteiger charge is 2.52. The summed E-state index contributed by atoms with van der Waals surface area (Å²) in [7, 11) is 2.05. The number of benzene rings is 1. The first-order valence-corrected chi connectivity index (χ1v) is 9.50. The molecule has 1 aromatic rings. The van der Waals surface area contributed by atoms with E-state index in [2.05, 4.69) is 36.3 Å². The Morgan fingerprint density at radius 1 is 1.42 bits per heavy atom. The Bertz CT molecular complexity index is 610. The molecule has 130 valence electrons. The second-order valence-electron chi connectivity index (χ2n) is 6.67.